The molecule has 1 N–H and O–H groups in total. The van der Waals surface area contributed by atoms with Crippen molar-refractivity contribution in [3.8, 4) is 0 Å². The highest BCUT2D eigenvalue weighted by Gasteiger charge is 2.62. The molecule has 1 amide bonds. The summed E-state index contributed by atoms with van der Waals surface area (Å²) < 4.78 is 87.6. The summed E-state index contributed by atoms with van der Waals surface area (Å²) in [6, 6.07) is 2.39. The number of carbonyl (C=O) groups is 2. The first-order chi connectivity index (χ1) is 17.3. The first-order valence-electron chi connectivity index (χ1n) is 12.2. The summed E-state index contributed by atoms with van der Waals surface area (Å²) in [6.45, 7) is 3.26. The van der Waals surface area contributed by atoms with Gasteiger partial charge in [-0.15, -0.1) is 0 Å². The van der Waals surface area contributed by atoms with Crippen LogP contribution in [-0.4, -0.2) is 70.6 Å². The van der Waals surface area contributed by atoms with E-state index in [0.717, 1.165) is 17.7 Å². The maximum atomic E-state index is 13.7. The highest BCUT2D eigenvalue weighted by Crippen LogP contribution is 2.46. The van der Waals surface area contributed by atoms with Crippen LogP contribution in [0.4, 0.5) is 31.1 Å². The van der Waals surface area contributed by atoms with E-state index in [0.29, 0.717) is 28.9 Å². The van der Waals surface area contributed by atoms with Gasteiger partial charge in [-0.1, -0.05) is 30.5 Å². The lowest BCUT2D eigenvalue weighted by Gasteiger charge is -2.44. The van der Waals surface area contributed by atoms with Crippen molar-refractivity contribution in [1.82, 2.24) is 9.80 Å². The first-order valence-corrected chi connectivity index (χ1v) is 12.6. The van der Waals surface area contributed by atoms with Crippen molar-refractivity contribution in [2.45, 2.75) is 82.4 Å². The molecule has 0 bridgehead atoms. The lowest BCUT2D eigenvalue weighted by atomic mass is 9.78. The molecule has 0 radical (unpaired) electrons. The van der Waals surface area contributed by atoms with Crippen LogP contribution < -0.4 is 0 Å². The largest absolute Gasteiger partial charge is 0.465 e. The number of halogens is 7. The fraction of sp³-hybridized carbons (Fsp3) is 0.680. The first kappa shape index (κ1) is 30.3. The van der Waals surface area contributed by atoms with E-state index in [4.69, 9.17) is 16.3 Å². The average molecular weight is 573 g/mol. The molecule has 0 aromatic heterocycles. The maximum Gasteiger partial charge on any atom is 0.407 e. The van der Waals surface area contributed by atoms with Crippen LogP contribution >= 0.6 is 11.6 Å². The molecule has 1 saturated heterocycles. The molecule has 1 aromatic rings. The molecule has 1 heterocycles. The van der Waals surface area contributed by atoms with Gasteiger partial charge in [-0.25, -0.2) is 4.79 Å². The lowest BCUT2D eigenvalue weighted by molar-refractivity contribution is -0.302. The smallest absolute Gasteiger partial charge is 0.407 e. The quantitative estimate of drug-likeness (QED) is 0.327. The second-order valence-corrected chi connectivity index (χ2v) is 11.4. The fourth-order valence-electron chi connectivity index (χ4n) is 5.37. The Kier molecular flexibility index (Phi) is 8.58. The van der Waals surface area contributed by atoms with Crippen molar-refractivity contribution in [3.05, 3.63) is 34.3 Å². The molecule has 1 aliphatic carbocycles. The Morgan fingerprint density at radius 1 is 1.05 bits per heavy atom. The van der Waals surface area contributed by atoms with E-state index < -0.39 is 53.9 Å². The molecule has 1 aliphatic heterocycles. The molecule has 38 heavy (non-hydrogen) atoms. The third-order valence-electron chi connectivity index (χ3n) is 7.04. The van der Waals surface area contributed by atoms with Gasteiger partial charge in [0.2, 0.25) is 0 Å². The van der Waals surface area contributed by atoms with E-state index >= 15 is 0 Å². The van der Waals surface area contributed by atoms with Crippen LogP contribution in [0.2, 0.25) is 5.02 Å². The predicted molar refractivity (Wildman–Crippen MR) is 127 cm³/mol. The van der Waals surface area contributed by atoms with E-state index in [2.05, 4.69) is 0 Å². The van der Waals surface area contributed by atoms with E-state index in [-0.39, 0.29) is 24.7 Å². The maximum absolute atomic E-state index is 13.7. The number of hydrogen-bond acceptors (Lipinski definition) is 4. The third-order valence-corrected chi connectivity index (χ3v) is 7.25. The van der Waals surface area contributed by atoms with Crippen LogP contribution in [0.3, 0.4) is 0 Å². The number of nitrogens with zero attached hydrogens (tertiary/aromatic N) is 2. The van der Waals surface area contributed by atoms with Gasteiger partial charge < -0.3 is 14.7 Å². The molecule has 6 nitrogen and oxygen atoms in total. The molecule has 1 unspecified atom stereocenters. The van der Waals surface area contributed by atoms with Crippen LogP contribution in [0, 0.1) is 5.92 Å². The van der Waals surface area contributed by atoms with Gasteiger partial charge in [0.25, 0.3) is 0 Å². The predicted octanol–water partition coefficient (Wildman–Crippen LogP) is 6.40. The van der Waals surface area contributed by atoms with E-state index in [1.54, 1.807) is 32.9 Å². The Hall–Kier alpha value is -2.21. The molecule has 2 fully saturated rings. The second-order valence-electron chi connectivity index (χ2n) is 11.0. The molecular weight excluding hydrogens is 542 g/mol. The van der Waals surface area contributed by atoms with E-state index in [1.165, 1.54) is 6.07 Å². The molecule has 0 spiro atoms. The molecule has 1 saturated carbocycles. The minimum atomic E-state index is -5.65. The van der Waals surface area contributed by atoms with Crippen molar-refractivity contribution in [2.24, 2.45) is 5.92 Å². The number of ether oxygens (including phenoxy) is 1. The van der Waals surface area contributed by atoms with Crippen molar-refractivity contribution in [1.29, 1.82) is 0 Å². The molecule has 2 aliphatic rings. The normalized spacial score (nSPS) is 21.1. The summed E-state index contributed by atoms with van der Waals surface area (Å²) in [6.07, 6.45) is -10.5. The number of benzene rings is 1. The van der Waals surface area contributed by atoms with Gasteiger partial charge >= 0.3 is 24.4 Å². The SMILES string of the molecule is CC(C)(C)OC(=O)C1(c2cc(Cl)cc(CN3CCN(C(=O)O)CC3C(C(F)(F)F)C(F)(F)F)c2)CCCC1. The minimum absolute atomic E-state index is 0.177. The van der Waals surface area contributed by atoms with Gasteiger partial charge in [-0.2, -0.15) is 26.3 Å². The van der Waals surface area contributed by atoms with Crippen LogP contribution in [-0.2, 0) is 21.5 Å². The highest BCUT2D eigenvalue weighted by molar-refractivity contribution is 6.30. The van der Waals surface area contributed by atoms with Crippen molar-refractivity contribution in [2.75, 3.05) is 19.6 Å². The molecule has 3 rings (SSSR count). The van der Waals surface area contributed by atoms with Gasteiger partial charge in [0, 0.05) is 37.2 Å². The van der Waals surface area contributed by atoms with E-state index in [1.807, 2.05) is 0 Å². The standard InChI is InChI=1S/C25H31ClF6N2O4/c1-22(2,3)38-20(35)23(6-4-5-7-23)16-10-15(11-17(26)12-16)13-33-8-9-34(21(36)37)14-18(33)19(24(27,28)29)25(30,31)32/h10-12,18-19H,4-9,13-14H2,1-3H3,(H,36,37). The summed E-state index contributed by atoms with van der Waals surface area (Å²) in [5, 5.41) is 9.44. The van der Waals surface area contributed by atoms with Crippen LogP contribution in [0.15, 0.2) is 18.2 Å². The Bertz CT molecular complexity index is 1020. The van der Waals surface area contributed by atoms with Gasteiger partial charge in [-0.3, -0.25) is 9.69 Å². The fourth-order valence-corrected chi connectivity index (χ4v) is 5.63. The van der Waals surface area contributed by atoms with Crippen LogP contribution in [0.1, 0.15) is 57.6 Å². The number of piperazine rings is 1. The zero-order chi connectivity index (χ0) is 28.7. The van der Waals surface area contributed by atoms with Crippen molar-refractivity contribution < 1.29 is 45.8 Å². The summed E-state index contributed by atoms with van der Waals surface area (Å²) in [5.41, 5.74) is -0.987. The van der Waals surface area contributed by atoms with Gasteiger partial charge in [0.1, 0.15) is 5.60 Å². The van der Waals surface area contributed by atoms with Crippen molar-refractivity contribution >= 4 is 23.7 Å². The van der Waals surface area contributed by atoms with Gasteiger partial charge in [-0.05, 0) is 56.9 Å². The number of amides is 1. The highest BCUT2D eigenvalue weighted by atomic mass is 35.5. The number of rotatable bonds is 5. The summed E-state index contributed by atoms with van der Waals surface area (Å²) in [5.74, 6) is -4.21. The number of carbonyl (C=O) groups excluding carboxylic acids is 1. The van der Waals surface area contributed by atoms with Crippen LogP contribution in [0.25, 0.3) is 0 Å². The molecule has 214 valence electrons. The average Bonchev–Trinajstić information content (AvgIpc) is 3.22. The summed E-state index contributed by atoms with van der Waals surface area (Å²) >= 11 is 6.34. The summed E-state index contributed by atoms with van der Waals surface area (Å²) in [7, 11) is 0. The number of alkyl halides is 6. The Morgan fingerprint density at radius 3 is 2.13 bits per heavy atom. The molecule has 1 aromatic carbocycles. The van der Waals surface area contributed by atoms with Gasteiger partial charge in [0.15, 0.2) is 5.92 Å². The molecule has 13 heteroatoms. The Labute approximate surface area is 221 Å². The third kappa shape index (κ3) is 6.86. The molecular formula is C25H31ClF6N2O4. The number of carboxylic acid groups (broad SMARTS) is 1. The number of hydrogen-bond donors (Lipinski definition) is 1. The second kappa shape index (κ2) is 10.7. The molecule has 1 atom stereocenters. The van der Waals surface area contributed by atoms with Gasteiger partial charge in [0.05, 0.1) is 5.41 Å². The summed E-state index contributed by atoms with van der Waals surface area (Å²) in [4.78, 5) is 26.2. The zero-order valence-corrected chi connectivity index (χ0v) is 22.0. The monoisotopic (exact) mass is 572 g/mol. The van der Waals surface area contributed by atoms with E-state index in [9.17, 15) is 41.0 Å². The topological polar surface area (TPSA) is 70.1 Å². The Balaban J connectivity index is 2.00. The zero-order valence-electron chi connectivity index (χ0n) is 21.3. The minimum Gasteiger partial charge on any atom is -0.465 e. The Morgan fingerprint density at radius 2 is 1.63 bits per heavy atom. The lowest BCUT2D eigenvalue weighted by Crippen LogP contribution is -2.62. The van der Waals surface area contributed by atoms with Crippen molar-refractivity contribution in [3.63, 3.8) is 0 Å². The number of esters is 1. The van der Waals surface area contributed by atoms with Crippen LogP contribution in [0.5, 0.6) is 0 Å².